The van der Waals surface area contributed by atoms with E-state index in [-0.39, 0.29) is 11.2 Å². The topological polar surface area (TPSA) is 59.8 Å². The highest BCUT2D eigenvalue weighted by Gasteiger charge is 2.18. The molecule has 1 atom stereocenters. The largest absolute Gasteiger partial charge is 0.325 e. The average Bonchev–Trinajstić information content (AvgIpc) is 3.05. The highest BCUT2D eigenvalue weighted by molar-refractivity contribution is 8.00. The van der Waals surface area contributed by atoms with Gasteiger partial charge in [-0.1, -0.05) is 47.7 Å². The Morgan fingerprint density at radius 3 is 2.54 bits per heavy atom. The van der Waals surface area contributed by atoms with Crippen LogP contribution in [0.4, 0.5) is 5.69 Å². The second-order valence-corrected chi connectivity index (χ2v) is 6.74. The van der Waals surface area contributed by atoms with Gasteiger partial charge in [0.2, 0.25) is 5.91 Å². The number of anilines is 1. The minimum absolute atomic E-state index is 0.0635. The maximum absolute atomic E-state index is 12.4. The molecule has 1 heterocycles. The molecule has 6 heteroatoms. The first-order chi connectivity index (χ1) is 11.6. The lowest BCUT2D eigenvalue weighted by Gasteiger charge is -2.12. The summed E-state index contributed by atoms with van der Waals surface area (Å²) in [6, 6.07) is 17.6. The Morgan fingerprint density at radius 2 is 1.83 bits per heavy atom. The zero-order chi connectivity index (χ0) is 16.9. The number of benzene rings is 2. The number of amides is 1. The van der Waals surface area contributed by atoms with Crippen LogP contribution < -0.4 is 5.32 Å². The molecule has 0 aliphatic heterocycles. The molecule has 0 fully saturated rings. The van der Waals surface area contributed by atoms with Gasteiger partial charge in [0, 0.05) is 11.4 Å². The Labute approximate surface area is 145 Å². The van der Waals surface area contributed by atoms with Crippen molar-refractivity contribution in [1.82, 2.24) is 14.8 Å². The SMILES string of the molecule is Cc1ccc(NC(=O)[C@@H](C)Sc2nncn2-c2ccccc2)cc1. The molecule has 1 aromatic heterocycles. The number of carbonyl (C=O) groups is 1. The summed E-state index contributed by atoms with van der Waals surface area (Å²) >= 11 is 1.38. The Hall–Kier alpha value is -2.60. The first-order valence-corrected chi connectivity index (χ1v) is 8.51. The van der Waals surface area contributed by atoms with Crippen LogP contribution in [0.1, 0.15) is 12.5 Å². The number of hydrogen-bond donors (Lipinski definition) is 1. The van der Waals surface area contributed by atoms with Crippen LogP contribution in [0.15, 0.2) is 66.1 Å². The number of thioether (sulfide) groups is 1. The first kappa shape index (κ1) is 16.3. The van der Waals surface area contributed by atoms with E-state index in [9.17, 15) is 4.79 Å². The summed E-state index contributed by atoms with van der Waals surface area (Å²) in [7, 11) is 0. The van der Waals surface area contributed by atoms with Gasteiger partial charge < -0.3 is 5.32 Å². The van der Waals surface area contributed by atoms with Crippen molar-refractivity contribution in [2.24, 2.45) is 0 Å². The van der Waals surface area contributed by atoms with Gasteiger partial charge in [-0.05, 0) is 38.1 Å². The summed E-state index contributed by atoms with van der Waals surface area (Å²) in [5, 5.41) is 11.4. The Kier molecular flexibility index (Phi) is 4.96. The van der Waals surface area contributed by atoms with Crippen LogP contribution in [0.3, 0.4) is 0 Å². The summed E-state index contributed by atoms with van der Waals surface area (Å²) in [5.74, 6) is -0.0635. The van der Waals surface area contributed by atoms with Gasteiger partial charge in [0.25, 0.3) is 0 Å². The number of aromatic nitrogens is 3. The van der Waals surface area contributed by atoms with Gasteiger partial charge in [0.1, 0.15) is 6.33 Å². The van der Waals surface area contributed by atoms with E-state index in [1.807, 2.05) is 73.0 Å². The number of nitrogens with zero attached hydrogens (tertiary/aromatic N) is 3. The van der Waals surface area contributed by atoms with E-state index >= 15 is 0 Å². The molecule has 0 bridgehead atoms. The lowest BCUT2D eigenvalue weighted by Crippen LogP contribution is -2.22. The molecular weight excluding hydrogens is 320 g/mol. The number of hydrogen-bond acceptors (Lipinski definition) is 4. The Balaban J connectivity index is 1.69. The second kappa shape index (κ2) is 7.31. The van der Waals surface area contributed by atoms with E-state index in [2.05, 4.69) is 15.5 Å². The van der Waals surface area contributed by atoms with Crippen molar-refractivity contribution >= 4 is 23.4 Å². The summed E-state index contributed by atoms with van der Waals surface area (Å²) in [5.41, 5.74) is 2.92. The second-order valence-electron chi connectivity index (χ2n) is 5.43. The van der Waals surface area contributed by atoms with Gasteiger partial charge in [-0.2, -0.15) is 0 Å². The molecular formula is C18H18N4OS. The molecule has 24 heavy (non-hydrogen) atoms. The summed E-state index contributed by atoms with van der Waals surface area (Å²) in [6.07, 6.45) is 1.66. The molecule has 122 valence electrons. The fourth-order valence-electron chi connectivity index (χ4n) is 2.16. The minimum Gasteiger partial charge on any atom is -0.325 e. The molecule has 1 N–H and O–H groups in total. The van der Waals surface area contributed by atoms with Crippen molar-refractivity contribution in [3.05, 3.63) is 66.5 Å². The van der Waals surface area contributed by atoms with Crippen molar-refractivity contribution in [2.45, 2.75) is 24.3 Å². The van der Waals surface area contributed by atoms with Crippen molar-refractivity contribution in [2.75, 3.05) is 5.32 Å². The molecule has 0 spiro atoms. The molecule has 0 aliphatic rings. The van der Waals surface area contributed by atoms with Crippen LogP contribution in [-0.4, -0.2) is 25.9 Å². The first-order valence-electron chi connectivity index (χ1n) is 7.63. The molecule has 0 saturated carbocycles. The van der Waals surface area contributed by atoms with Crippen LogP contribution >= 0.6 is 11.8 Å². The molecule has 2 aromatic carbocycles. The summed E-state index contributed by atoms with van der Waals surface area (Å²) in [4.78, 5) is 12.4. The van der Waals surface area contributed by atoms with Crippen LogP contribution in [0.5, 0.6) is 0 Å². The standard InChI is InChI=1S/C18H18N4OS/c1-13-8-10-15(11-9-13)20-17(23)14(2)24-18-21-19-12-22(18)16-6-4-3-5-7-16/h3-12,14H,1-2H3,(H,20,23)/t14-/m1/s1. The van der Waals surface area contributed by atoms with E-state index in [1.165, 1.54) is 11.8 Å². The third-order valence-electron chi connectivity index (χ3n) is 3.52. The zero-order valence-electron chi connectivity index (χ0n) is 13.5. The smallest absolute Gasteiger partial charge is 0.237 e. The van der Waals surface area contributed by atoms with Crippen molar-refractivity contribution < 1.29 is 4.79 Å². The summed E-state index contributed by atoms with van der Waals surface area (Å²) < 4.78 is 1.88. The lowest BCUT2D eigenvalue weighted by atomic mass is 10.2. The van der Waals surface area contributed by atoms with Crippen LogP contribution in [0, 0.1) is 6.92 Å². The summed E-state index contributed by atoms with van der Waals surface area (Å²) in [6.45, 7) is 3.87. The number of aryl methyl sites for hydroxylation is 1. The van der Waals surface area contributed by atoms with Gasteiger partial charge in [0.15, 0.2) is 5.16 Å². The molecule has 0 saturated heterocycles. The third-order valence-corrected chi connectivity index (χ3v) is 4.58. The predicted octanol–water partition coefficient (Wildman–Crippen LogP) is 3.70. The van der Waals surface area contributed by atoms with Crippen molar-refractivity contribution in [3.63, 3.8) is 0 Å². The van der Waals surface area contributed by atoms with E-state index in [1.54, 1.807) is 6.33 Å². The van der Waals surface area contributed by atoms with E-state index in [0.29, 0.717) is 5.16 Å². The third kappa shape index (κ3) is 3.83. The quantitative estimate of drug-likeness (QED) is 0.721. The number of para-hydroxylation sites is 1. The Bertz CT molecular complexity index is 815. The molecule has 3 rings (SSSR count). The fourth-order valence-corrected chi connectivity index (χ4v) is 3.01. The van der Waals surface area contributed by atoms with E-state index in [4.69, 9.17) is 0 Å². The fraction of sp³-hybridized carbons (Fsp3) is 0.167. The molecule has 3 aromatic rings. The van der Waals surface area contributed by atoms with E-state index < -0.39 is 0 Å². The Morgan fingerprint density at radius 1 is 1.12 bits per heavy atom. The molecule has 0 unspecified atom stereocenters. The van der Waals surface area contributed by atoms with Gasteiger partial charge >= 0.3 is 0 Å². The zero-order valence-corrected chi connectivity index (χ0v) is 14.3. The highest BCUT2D eigenvalue weighted by Crippen LogP contribution is 2.24. The highest BCUT2D eigenvalue weighted by atomic mass is 32.2. The van der Waals surface area contributed by atoms with Gasteiger partial charge in [-0.25, -0.2) is 0 Å². The van der Waals surface area contributed by atoms with Crippen LogP contribution in [0.2, 0.25) is 0 Å². The lowest BCUT2D eigenvalue weighted by molar-refractivity contribution is -0.115. The molecule has 0 aliphatic carbocycles. The predicted molar refractivity (Wildman–Crippen MR) is 96.5 cm³/mol. The monoisotopic (exact) mass is 338 g/mol. The molecule has 0 radical (unpaired) electrons. The molecule has 5 nitrogen and oxygen atoms in total. The van der Waals surface area contributed by atoms with Gasteiger partial charge in [-0.3, -0.25) is 9.36 Å². The van der Waals surface area contributed by atoms with Crippen LogP contribution in [-0.2, 0) is 4.79 Å². The van der Waals surface area contributed by atoms with Crippen molar-refractivity contribution in [1.29, 1.82) is 0 Å². The maximum Gasteiger partial charge on any atom is 0.237 e. The van der Waals surface area contributed by atoms with Gasteiger partial charge in [-0.15, -0.1) is 10.2 Å². The van der Waals surface area contributed by atoms with E-state index in [0.717, 1.165) is 16.9 Å². The minimum atomic E-state index is -0.294. The normalized spacial score (nSPS) is 11.9. The number of nitrogens with one attached hydrogen (secondary N) is 1. The maximum atomic E-state index is 12.4. The van der Waals surface area contributed by atoms with Crippen molar-refractivity contribution in [3.8, 4) is 5.69 Å². The van der Waals surface area contributed by atoms with Crippen LogP contribution in [0.25, 0.3) is 5.69 Å². The van der Waals surface area contributed by atoms with Gasteiger partial charge in [0.05, 0.1) is 5.25 Å². The average molecular weight is 338 g/mol. The molecule has 1 amide bonds. The number of carbonyl (C=O) groups excluding carboxylic acids is 1. The number of rotatable bonds is 5.